The van der Waals surface area contributed by atoms with Gasteiger partial charge < -0.3 is 10.1 Å². The average Bonchev–Trinajstić information content (AvgIpc) is 3.20. The highest BCUT2D eigenvalue weighted by molar-refractivity contribution is 6.04. The van der Waals surface area contributed by atoms with Crippen molar-refractivity contribution in [3.05, 3.63) is 90.4 Å². The minimum absolute atomic E-state index is 0.299. The van der Waals surface area contributed by atoms with E-state index in [-0.39, 0.29) is 5.91 Å². The fourth-order valence-corrected chi connectivity index (χ4v) is 2.89. The van der Waals surface area contributed by atoms with Gasteiger partial charge in [-0.3, -0.25) is 14.5 Å². The lowest BCUT2D eigenvalue weighted by Crippen LogP contribution is -2.11. The summed E-state index contributed by atoms with van der Waals surface area (Å²) in [5.41, 5.74) is 3.07. The zero-order valence-corrected chi connectivity index (χ0v) is 16.1. The summed E-state index contributed by atoms with van der Waals surface area (Å²) in [6.07, 6.45) is 5.29. The van der Waals surface area contributed by atoms with E-state index >= 15 is 0 Å². The lowest BCUT2D eigenvalue weighted by atomic mass is 10.1. The van der Waals surface area contributed by atoms with Crippen LogP contribution < -0.4 is 10.1 Å². The molecule has 0 saturated heterocycles. The van der Waals surface area contributed by atoms with Crippen molar-refractivity contribution in [2.75, 3.05) is 5.32 Å². The highest BCUT2D eigenvalue weighted by Gasteiger charge is 2.09. The van der Waals surface area contributed by atoms with Crippen LogP contribution in [0.15, 0.2) is 79.3 Å². The van der Waals surface area contributed by atoms with Gasteiger partial charge in [0.05, 0.1) is 23.5 Å². The first kappa shape index (κ1) is 18.9. The molecular formula is C23H17N5O2. The minimum atomic E-state index is -0.299. The molecule has 0 radical (unpaired) electrons. The van der Waals surface area contributed by atoms with E-state index in [1.54, 1.807) is 71.7 Å². The van der Waals surface area contributed by atoms with Gasteiger partial charge in [0.2, 0.25) is 0 Å². The van der Waals surface area contributed by atoms with Gasteiger partial charge in [-0.1, -0.05) is 12.1 Å². The molecule has 0 fully saturated rings. The number of nitrogens with zero attached hydrogens (tertiary/aromatic N) is 4. The van der Waals surface area contributed by atoms with Crippen LogP contribution in [-0.2, 0) is 7.05 Å². The van der Waals surface area contributed by atoms with Crippen molar-refractivity contribution >= 4 is 11.6 Å². The van der Waals surface area contributed by atoms with Crippen LogP contribution in [0.5, 0.6) is 11.5 Å². The van der Waals surface area contributed by atoms with Crippen molar-refractivity contribution in [2.24, 2.45) is 7.05 Å². The summed E-state index contributed by atoms with van der Waals surface area (Å²) in [7, 11) is 1.85. The number of pyridine rings is 1. The van der Waals surface area contributed by atoms with E-state index in [4.69, 9.17) is 10.00 Å². The molecule has 2 aromatic carbocycles. The predicted octanol–water partition coefficient (Wildman–Crippen LogP) is 4.40. The number of nitrogens with one attached hydrogen (secondary N) is 1. The maximum absolute atomic E-state index is 12.5. The standard InChI is InChI=1S/C23H17N5O2/c1-28-15-18(14-26-28)22-12-21(8-9-25-22)30-20-7-3-6-19(11-20)27-23(29)17-5-2-4-16(10-17)13-24/h2-12,14-15H,1H3,(H,27,29). The molecule has 0 aliphatic carbocycles. The zero-order chi connectivity index (χ0) is 20.9. The van der Waals surface area contributed by atoms with Crippen LogP contribution in [-0.4, -0.2) is 20.7 Å². The Balaban J connectivity index is 1.50. The first-order chi connectivity index (χ1) is 14.6. The summed E-state index contributed by atoms with van der Waals surface area (Å²) in [4.78, 5) is 16.8. The van der Waals surface area contributed by atoms with Crippen molar-refractivity contribution < 1.29 is 9.53 Å². The lowest BCUT2D eigenvalue weighted by Gasteiger charge is -2.10. The van der Waals surface area contributed by atoms with Gasteiger partial charge in [-0.25, -0.2) is 0 Å². The summed E-state index contributed by atoms with van der Waals surface area (Å²) in [6, 6.07) is 19.3. The number of carbonyl (C=O) groups excluding carboxylic acids is 1. The van der Waals surface area contributed by atoms with Crippen LogP contribution >= 0.6 is 0 Å². The van der Waals surface area contributed by atoms with Gasteiger partial charge in [0.1, 0.15) is 11.5 Å². The highest BCUT2D eigenvalue weighted by atomic mass is 16.5. The van der Waals surface area contributed by atoms with Crippen LogP contribution in [0.3, 0.4) is 0 Å². The van der Waals surface area contributed by atoms with Crippen molar-refractivity contribution in [3.8, 4) is 28.8 Å². The molecular weight excluding hydrogens is 378 g/mol. The predicted molar refractivity (Wildman–Crippen MR) is 112 cm³/mol. The molecule has 1 amide bonds. The van der Waals surface area contributed by atoms with Crippen LogP contribution in [0.25, 0.3) is 11.3 Å². The summed E-state index contributed by atoms with van der Waals surface area (Å²) < 4.78 is 7.66. The summed E-state index contributed by atoms with van der Waals surface area (Å²) in [5, 5.41) is 16.0. The first-order valence-electron chi connectivity index (χ1n) is 9.15. The Labute approximate surface area is 173 Å². The number of aromatic nitrogens is 3. The Kier molecular flexibility index (Phi) is 5.22. The summed E-state index contributed by atoms with van der Waals surface area (Å²) in [5.74, 6) is 0.892. The molecule has 0 unspecified atom stereocenters. The Morgan fingerprint density at radius 3 is 2.73 bits per heavy atom. The van der Waals surface area contributed by atoms with Crippen LogP contribution in [0.4, 0.5) is 5.69 Å². The summed E-state index contributed by atoms with van der Waals surface area (Å²) in [6.45, 7) is 0. The van der Waals surface area contributed by atoms with E-state index in [1.165, 1.54) is 0 Å². The molecule has 0 saturated carbocycles. The van der Waals surface area contributed by atoms with E-state index in [0.717, 1.165) is 11.3 Å². The lowest BCUT2D eigenvalue weighted by molar-refractivity contribution is 0.102. The van der Waals surface area contributed by atoms with Crippen LogP contribution in [0.2, 0.25) is 0 Å². The number of hydrogen-bond acceptors (Lipinski definition) is 5. The topological polar surface area (TPSA) is 92.8 Å². The van der Waals surface area contributed by atoms with Crippen molar-refractivity contribution in [1.29, 1.82) is 5.26 Å². The van der Waals surface area contributed by atoms with Gasteiger partial charge in [-0.15, -0.1) is 0 Å². The molecule has 0 aliphatic heterocycles. The SMILES string of the molecule is Cn1cc(-c2cc(Oc3cccc(NC(=O)c4cccc(C#N)c4)c3)ccn2)cn1. The smallest absolute Gasteiger partial charge is 0.255 e. The molecule has 4 rings (SSSR count). The van der Waals surface area contributed by atoms with Gasteiger partial charge in [-0.2, -0.15) is 10.4 Å². The zero-order valence-electron chi connectivity index (χ0n) is 16.1. The molecule has 1 N–H and O–H groups in total. The molecule has 4 aromatic rings. The Bertz CT molecular complexity index is 1260. The molecule has 0 atom stereocenters. The molecule has 7 heteroatoms. The molecule has 0 bridgehead atoms. The number of ether oxygens (including phenoxy) is 1. The quantitative estimate of drug-likeness (QED) is 0.541. The van der Waals surface area contributed by atoms with Gasteiger partial charge in [0.15, 0.2) is 0 Å². The summed E-state index contributed by atoms with van der Waals surface area (Å²) >= 11 is 0. The number of rotatable bonds is 5. The molecule has 7 nitrogen and oxygen atoms in total. The second-order valence-electron chi connectivity index (χ2n) is 6.56. The number of aryl methyl sites for hydroxylation is 1. The maximum Gasteiger partial charge on any atom is 0.255 e. The molecule has 30 heavy (non-hydrogen) atoms. The molecule has 146 valence electrons. The number of anilines is 1. The highest BCUT2D eigenvalue weighted by Crippen LogP contribution is 2.27. The van der Waals surface area contributed by atoms with Gasteiger partial charge in [0, 0.05) is 48.4 Å². The molecule has 2 aromatic heterocycles. The maximum atomic E-state index is 12.5. The third-order valence-corrected chi connectivity index (χ3v) is 4.31. The second-order valence-corrected chi connectivity index (χ2v) is 6.56. The largest absolute Gasteiger partial charge is 0.457 e. The van der Waals surface area contributed by atoms with Crippen LogP contribution in [0, 0.1) is 11.3 Å². The van der Waals surface area contributed by atoms with E-state index < -0.39 is 0 Å². The number of nitriles is 1. The third kappa shape index (κ3) is 4.34. The van der Waals surface area contributed by atoms with Crippen LogP contribution in [0.1, 0.15) is 15.9 Å². The van der Waals surface area contributed by atoms with Crippen molar-refractivity contribution in [2.45, 2.75) is 0 Å². The average molecular weight is 395 g/mol. The fourth-order valence-electron chi connectivity index (χ4n) is 2.89. The van der Waals surface area contributed by atoms with Gasteiger partial charge in [0.25, 0.3) is 5.91 Å². The van der Waals surface area contributed by atoms with Crippen molar-refractivity contribution in [1.82, 2.24) is 14.8 Å². The van der Waals surface area contributed by atoms with E-state index in [1.807, 2.05) is 25.4 Å². The number of carbonyl (C=O) groups is 1. The van der Waals surface area contributed by atoms with Crippen molar-refractivity contribution in [3.63, 3.8) is 0 Å². The van der Waals surface area contributed by atoms with Gasteiger partial charge >= 0.3 is 0 Å². The van der Waals surface area contributed by atoms with Gasteiger partial charge in [-0.05, 0) is 36.4 Å². The molecule has 0 spiro atoms. The van der Waals surface area contributed by atoms with E-state index in [9.17, 15) is 4.79 Å². The Hall–Kier alpha value is -4.44. The first-order valence-corrected chi connectivity index (χ1v) is 9.15. The molecule has 2 heterocycles. The Morgan fingerprint density at radius 2 is 1.93 bits per heavy atom. The fraction of sp³-hybridized carbons (Fsp3) is 0.0435. The normalized spacial score (nSPS) is 10.3. The monoisotopic (exact) mass is 395 g/mol. The Morgan fingerprint density at radius 1 is 1.10 bits per heavy atom. The number of amides is 1. The van der Waals surface area contributed by atoms with E-state index in [0.29, 0.717) is 28.3 Å². The molecule has 0 aliphatic rings. The number of hydrogen-bond donors (Lipinski definition) is 1. The third-order valence-electron chi connectivity index (χ3n) is 4.31. The minimum Gasteiger partial charge on any atom is -0.457 e. The van der Waals surface area contributed by atoms with E-state index in [2.05, 4.69) is 15.4 Å². The second kappa shape index (κ2) is 8.29. The number of benzene rings is 2.